The van der Waals surface area contributed by atoms with Crippen LogP contribution in [-0.4, -0.2) is 7.11 Å². The van der Waals surface area contributed by atoms with Crippen LogP contribution in [-0.2, 0) is 5.54 Å². The van der Waals surface area contributed by atoms with Crippen LogP contribution in [0.2, 0.25) is 0 Å². The highest BCUT2D eigenvalue weighted by atomic mass is 79.9. The molecule has 1 aromatic carbocycles. The van der Waals surface area contributed by atoms with Gasteiger partial charge in [0.1, 0.15) is 5.75 Å². The Hall–Kier alpha value is -0.540. The Morgan fingerprint density at radius 3 is 2.47 bits per heavy atom. The van der Waals surface area contributed by atoms with E-state index in [0.717, 1.165) is 23.1 Å². The molecule has 1 fully saturated rings. The summed E-state index contributed by atoms with van der Waals surface area (Å²) in [5.41, 5.74) is 8.80. The van der Waals surface area contributed by atoms with E-state index in [9.17, 15) is 0 Å². The van der Waals surface area contributed by atoms with Gasteiger partial charge in [0.25, 0.3) is 0 Å². The van der Waals surface area contributed by atoms with Crippen LogP contribution in [0.25, 0.3) is 0 Å². The lowest BCUT2D eigenvalue weighted by Gasteiger charge is -2.35. The van der Waals surface area contributed by atoms with Gasteiger partial charge in [0.05, 0.1) is 7.11 Å². The van der Waals surface area contributed by atoms with Crippen LogP contribution in [0.1, 0.15) is 43.2 Å². The lowest BCUT2D eigenvalue weighted by molar-refractivity contribution is 0.299. The Kier molecular flexibility index (Phi) is 3.79. The average Bonchev–Trinajstić information content (AvgIpc) is 2.33. The average molecular weight is 298 g/mol. The Bertz CT molecular complexity index is 411. The van der Waals surface area contributed by atoms with Crippen molar-refractivity contribution >= 4 is 15.9 Å². The first-order chi connectivity index (χ1) is 8.07. The van der Waals surface area contributed by atoms with Gasteiger partial charge < -0.3 is 10.5 Å². The quantitative estimate of drug-likeness (QED) is 0.899. The van der Waals surface area contributed by atoms with Gasteiger partial charge >= 0.3 is 0 Å². The summed E-state index contributed by atoms with van der Waals surface area (Å²) in [6, 6.07) is 4.13. The van der Waals surface area contributed by atoms with E-state index in [1.54, 1.807) is 7.11 Å². The number of rotatable bonds is 2. The zero-order valence-electron chi connectivity index (χ0n) is 10.6. The summed E-state index contributed by atoms with van der Waals surface area (Å²) in [5, 5.41) is 0. The van der Waals surface area contributed by atoms with Gasteiger partial charge in [-0.25, -0.2) is 0 Å². The molecule has 0 aromatic heterocycles. The minimum absolute atomic E-state index is 0.184. The molecule has 2 rings (SSSR count). The van der Waals surface area contributed by atoms with Crippen LogP contribution < -0.4 is 10.5 Å². The maximum Gasteiger partial charge on any atom is 0.119 e. The van der Waals surface area contributed by atoms with Gasteiger partial charge in [0.2, 0.25) is 0 Å². The lowest BCUT2D eigenvalue weighted by Crippen LogP contribution is -2.39. The summed E-state index contributed by atoms with van der Waals surface area (Å²) in [6.07, 6.45) is 5.88. The fourth-order valence-corrected chi connectivity index (χ4v) is 3.29. The van der Waals surface area contributed by atoms with Crippen LogP contribution >= 0.6 is 15.9 Å². The molecule has 0 atom stereocenters. The molecular formula is C14H20BrNO. The monoisotopic (exact) mass is 297 g/mol. The van der Waals surface area contributed by atoms with Crippen molar-refractivity contribution < 1.29 is 4.74 Å². The molecule has 0 spiro atoms. The van der Waals surface area contributed by atoms with E-state index in [1.165, 1.54) is 30.4 Å². The number of hydrogen-bond acceptors (Lipinski definition) is 2. The number of benzene rings is 1. The molecule has 0 amide bonds. The third-order valence-electron chi connectivity index (χ3n) is 3.75. The fourth-order valence-electron chi connectivity index (χ4n) is 2.67. The van der Waals surface area contributed by atoms with Crippen molar-refractivity contribution in [1.29, 1.82) is 0 Å². The van der Waals surface area contributed by atoms with Gasteiger partial charge in [-0.2, -0.15) is 0 Å². The molecule has 0 saturated heterocycles. The van der Waals surface area contributed by atoms with Gasteiger partial charge in [-0.15, -0.1) is 0 Å². The maximum absolute atomic E-state index is 6.59. The van der Waals surface area contributed by atoms with Gasteiger partial charge in [0.15, 0.2) is 0 Å². The molecule has 0 aliphatic heterocycles. The number of halogens is 1. The minimum atomic E-state index is -0.184. The predicted molar refractivity (Wildman–Crippen MR) is 74.4 cm³/mol. The topological polar surface area (TPSA) is 35.2 Å². The second-order valence-electron chi connectivity index (χ2n) is 5.02. The van der Waals surface area contributed by atoms with Crippen molar-refractivity contribution in [3.8, 4) is 5.75 Å². The third-order valence-corrected chi connectivity index (χ3v) is 4.80. The van der Waals surface area contributed by atoms with Crippen LogP contribution in [0.5, 0.6) is 5.75 Å². The highest BCUT2D eigenvalue weighted by Crippen LogP contribution is 2.41. The van der Waals surface area contributed by atoms with Gasteiger partial charge in [-0.1, -0.05) is 35.2 Å². The van der Waals surface area contributed by atoms with E-state index in [1.807, 2.05) is 6.07 Å². The summed E-state index contributed by atoms with van der Waals surface area (Å²) in [4.78, 5) is 0. The molecule has 1 aromatic rings. The van der Waals surface area contributed by atoms with Crippen LogP contribution in [0.3, 0.4) is 0 Å². The highest BCUT2D eigenvalue weighted by molar-refractivity contribution is 9.10. The molecule has 2 nitrogen and oxygen atoms in total. The van der Waals surface area contributed by atoms with E-state index < -0.39 is 0 Å². The molecule has 0 radical (unpaired) electrons. The summed E-state index contributed by atoms with van der Waals surface area (Å²) in [7, 11) is 1.70. The normalized spacial score (nSPS) is 19.1. The van der Waals surface area contributed by atoms with Crippen LogP contribution in [0.4, 0.5) is 0 Å². The van der Waals surface area contributed by atoms with E-state index in [0.29, 0.717) is 0 Å². The molecule has 0 unspecified atom stereocenters. The Morgan fingerprint density at radius 2 is 1.88 bits per heavy atom. The van der Waals surface area contributed by atoms with Crippen molar-refractivity contribution in [3.63, 3.8) is 0 Å². The zero-order valence-corrected chi connectivity index (χ0v) is 12.1. The standard InChI is InChI=1S/C14H20BrNO/c1-10-8-11(17-2)9-12(13(10)15)14(16)6-4-3-5-7-14/h8-9H,3-7,16H2,1-2H3. The summed E-state index contributed by atoms with van der Waals surface area (Å²) < 4.78 is 6.49. The third kappa shape index (κ3) is 2.50. The molecule has 17 heavy (non-hydrogen) atoms. The SMILES string of the molecule is COc1cc(C)c(Br)c(C2(N)CCCCC2)c1. The molecule has 94 valence electrons. The van der Waals surface area contributed by atoms with E-state index >= 15 is 0 Å². The predicted octanol–water partition coefficient (Wildman–Crippen LogP) is 3.88. The smallest absolute Gasteiger partial charge is 0.119 e. The minimum Gasteiger partial charge on any atom is -0.497 e. The Morgan fingerprint density at radius 1 is 1.24 bits per heavy atom. The molecule has 1 aliphatic rings. The number of ether oxygens (including phenoxy) is 1. The molecule has 1 saturated carbocycles. The van der Waals surface area contributed by atoms with Crippen molar-refractivity contribution in [2.24, 2.45) is 5.73 Å². The first-order valence-electron chi connectivity index (χ1n) is 6.20. The Labute approximate surface area is 112 Å². The first kappa shape index (κ1) is 12.9. The van der Waals surface area contributed by atoms with Crippen molar-refractivity contribution in [3.05, 3.63) is 27.7 Å². The second-order valence-corrected chi connectivity index (χ2v) is 5.82. The molecule has 0 heterocycles. The van der Waals surface area contributed by atoms with E-state index in [2.05, 4.69) is 28.9 Å². The maximum atomic E-state index is 6.59. The van der Waals surface area contributed by atoms with Crippen molar-refractivity contribution in [1.82, 2.24) is 0 Å². The lowest BCUT2D eigenvalue weighted by atomic mass is 9.77. The summed E-state index contributed by atoms with van der Waals surface area (Å²) >= 11 is 3.68. The molecular weight excluding hydrogens is 278 g/mol. The largest absolute Gasteiger partial charge is 0.497 e. The zero-order chi connectivity index (χ0) is 12.5. The van der Waals surface area contributed by atoms with Crippen LogP contribution in [0.15, 0.2) is 16.6 Å². The highest BCUT2D eigenvalue weighted by Gasteiger charge is 2.32. The van der Waals surface area contributed by atoms with Crippen molar-refractivity contribution in [2.45, 2.75) is 44.6 Å². The van der Waals surface area contributed by atoms with E-state index in [-0.39, 0.29) is 5.54 Å². The molecule has 0 bridgehead atoms. The molecule has 3 heteroatoms. The van der Waals surface area contributed by atoms with Crippen molar-refractivity contribution in [2.75, 3.05) is 7.11 Å². The second kappa shape index (κ2) is 4.99. The number of aryl methyl sites for hydroxylation is 1. The number of nitrogens with two attached hydrogens (primary N) is 1. The van der Waals surface area contributed by atoms with Gasteiger partial charge in [0, 0.05) is 10.0 Å². The van der Waals surface area contributed by atoms with Gasteiger partial charge in [-0.3, -0.25) is 0 Å². The number of hydrogen-bond donors (Lipinski definition) is 1. The summed E-state index contributed by atoms with van der Waals surface area (Å²) in [6.45, 7) is 2.09. The molecule has 2 N–H and O–H groups in total. The first-order valence-corrected chi connectivity index (χ1v) is 6.99. The van der Waals surface area contributed by atoms with Crippen LogP contribution in [0, 0.1) is 6.92 Å². The van der Waals surface area contributed by atoms with Gasteiger partial charge in [-0.05, 0) is 43.0 Å². The number of methoxy groups -OCH3 is 1. The molecule has 1 aliphatic carbocycles. The summed E-state index contributed by atoms with van der Waals surface area (Å²) in [5.74, 6) is 0.899. The fraction of sp³-hybridized carbons (Fsp3) is 0.571. The Balaban J connectivity index is 2.45. The van der Waals surface area contributed by atoms with E-state index in [4.69, 9.17) is 10.5 Å².